The highest BCUT2D eigenvalue weighted by atomic mass is 32.2. The third-order valence-corrected chi connectivity index (χ3v) is 4.85. The van der Waals surface area contributed by atoms with E-state index in [1.54, 1.807) is 24.3 Å². The van der Waals surface area contributed by atoms with Crippen LogP contribution in [0, 0.1) is 0 Å². The van der Waals surface area contributed by atoms with Gasteiger partial charge in [-0.3, -0.25) is 9.59 Å². The van der Waals surface area contributed by atoms with E-state index in [4.69, 9.17) is 0 Å². The lowest BCUT2D eigenvalue weighted by molar-refractivity contribution is -0.116. The Morgan fingerprint density at radius 1 is 1.23 bits per heavy atom. The lowest BCUT2D eigenvalue weighted by atomic mass is 10.1. The Morgan fingerprint density at radius 2 is 1.82 bits per heavy atom. The Bertz CT molecular complexity index is 663. The van der Waals surface area contributed by atoms with Crippen LogP contribution in [0.5, 0.6) is 0 Å². The minimum absolute atomic E-state index is 0.0360. The fourth-order valence-electron chi connectivity index (χ4n) is 2.21. The lowest BCUT2D eigenvalue weighted by Crippen LogP contribution is -2.34. The van der Waals surface area contributed by atoms with E-state index in [2.05, 4.69) is 5.32 Å². The summed E-state index contributed by atoms with van der Waals surface area (Å²) in [4.78, 5) is 23.1. The quantitative estimate of drug-likeness (QED) is 0.773. The Balaban J connectivity index is 1.88. The summed E-state index contributed by atoms with van der Waals surface area (Å²) >= 11 is 0. The molecule has 0 bridgehead atoms. The van der Waals surface area contributed by atoms with Gasteiger partial charge in [0.1, 0.15) is 0 Å². The van der Waals surface area contributed by atoms with Crippen molar-refractivity contribution in [2.75, 3.05) is 18.1 Å². The molecule has 1 N–H and O–H groups in total. The molecule has 1 aliphatic rings. The molecule has 1 aromatic rings. The standard InChI is InChI=1S/C15H20N2O4S/c1-11(18)12-3-5-13(6-4-12)16-15(19)9-10-17(14-7-8-14)22(2,20)21/h3-6,14H,7-10H2,1-2H3,(H,16,19). The first-order valence-corrected chi connectivity index (χ1v) is 9.00. The van der Waals surface area contributed by atoms with Gasteiger partial charge in [0.05, 0.1) is 6.26 Å². The molecule has 0 saturated heterocycles. The Labute approximate surface area is 130 Å². The molecule has 0 aliphatic heterocycles. The largest absolute Gasteiger partial charge is 0.326 e. The molecule has 1 fully saturated rings. The molecule has 0 aromatic heterocycles. The van der Waals surface area contributed by atoms with Gasteiger partial charge in [-0.1, -0.05) is 0 Å². The van der Waals surface area contributed by atoms with Crippen LogP contribution in [0.4, 0.5) is 5.69 Å². The number of hydrogen-bond acceptors (Lipinski definition) is 4. The number of benzene rings is 1. The SMILES string of the molecule is CC(=O)c1ccc(NC(=O)CCN(C2CC2)S(C)(=O)=O)cc1. The van der Waals surface area contributed by atoms with Crippen LogP contribution in [-0.4, -0.2) is 43.3 Å². The van der Waals surface area contributed by atoms with Crippen LogP contribution in [0.3, 0.4) is 0 Å². The summed E-state index contributed by atoms with van der Waals surface area (Å²) in [5, 5.41) is 2.70. The maximum absolute atomic E-state index is 11.9. The van der Waals surface area contributed by atoms with E-state index in [9.17, 15) is 18.0 Å². The van der Waals surface area contributed by atoms with Crippen molar-refractivity contribution in [2.45, 2.75) is 32.2 Å². The van der Waals surface area contributed by atoms with Gasteiger partial charge < -0.3 is 5.32 Å². The molecule has 0 heterocycles. The highest BCUT2D eigenvalue weighted by Gasteiger charge is 2.34. The average molecular weight is 324 g/mol. The summed E-state index contributed by atoms with van der Waals surface area (Å²) in [5.74, 6) is -0.282. The summed E-state index contributed by atoms with van der Waals surface area (Å²) in [6.07, 6.45) is 3.00. The minimum Gasteiger partial charge on any atom is -0.326 e. The van der Waals surface area contributed by atoms with Gasteiger partial charge in [-0.05, 0) is 44.0 Å². The van der Waals surface area contributed by atoms with Gasteiger partial charge in [-0.2, -0.15) is 4.31 Å². The molecule has 0 radical (unpaired) electrons. The van der Waals surface area contributed by atoms with Crippen molar-refractivity contribution < 1.29 is 18.0 Å². The maximum atomic E-state index is 11.9. The number of hydrogen-bond donors (Lipinski definition) is 1. The van der Waals surface area contributed by atoms with Crippen molar-refractivity contribution in [2.24, 2.45) is 0 Å². The van der Waals surface area contributed by atoms with Crippen LogP contribution in [0.1, 0.15) is 36.5 Å². The Morgan fingerprint density at radius 3 is 2.27 bits per heavy atom. The van der Waals surface area contributed by atoms with Crippen molar-refractivity contribution in [3.05, 3.63) is 29.8 Å². The first kappa shape index (κ1) is 16.6. The summed E-state index contributed by atoms with van der Waals surface area (Å²) in [6, 6.07) is 6.65. The van der Waals surface area contributed by atoms with Gasteiger partial charge in [-0.15, -0.1) is 0 Å². The lowest BCUT2D eigenvalue weighted by Gasteiger charge is -2.18. The minimum atomic E-state index is -3.27. The van der Waals surface area contributed by atoms with Crippen molar-refractivity contribution in [1.29, 1.82) is 0 Å². The first-order valence-electron chi connectivity index (χ1n) is 7.15. The van der Waals surface area contributed by atoms with Crippen LogP contribution >= 0.6 is 0 Å². The van der Waals surface area contributed by atoms with Crippen molar-refractivity contribution >= 4 is 27.4 Å². The predicted molar refractivity (Wildman–Crippen MR) is 84.3 cm³/mol. The molecule has 1 amide bonds. The number of carbonyl (C=O) groups is 2. The number of Topliss-reactive ketones (excluding diaryl/α,β-unsaturated/α-hetero) is 1. The normalized spacial score (nSPS) is 14.9. The molecule has 0 atom stereocenters. The highest BCUT2D eigenvalue weighted by Crippen LogP contribution is 2.28. The number of rotatable bonds is 7. The fraction of sp³-hybridized carbons (Fsp3) is 0.467. The molecule has 7 heteroatoms. The predicted octanol–water partition coefficient (Wildman–Crippen LogP) is 1.64. The average Bonchev–Trinajstić information content (AvgIpc) is 3.22. The summed E-state index contributed by atoms with van der Waals surface area (Å²) in [7, 11) is -3.27. The zero-order chi connectivity index (χ0) is 16.3. The van der Waals surface area contributed by atoms with Crippen LogP contribution in [0.25, 0.3) is 0 Å². The van der Waals surface area contributed by atoms with Crippen molar-refractivity contribution in [1.82, 2.24) is 4.31 Å². The molecule has 1 saturated carbocycles. The van der Waals surface area contributed by atoms with Gasteiger partial charge in [0.2, 0.25) is 15.9 Å². The van der Waals surface area contributed by atoms with Gasteiger partial charge >= 0.3 is 0 Å². The smallest absolute Gasteiger partial charge is 0.225 e. The number of anilines is 1. The van der Waals surface area contributed by atoms with Crippen LogP contribution < -0.4 is 5.32 Å². The number of nitrogens with zero attached hydrogens (tertiary/aromatic N) is 1. The van der Waals surface area contributed by atoms with Gasteiger partial charge in [0, 0.05) is 30.3 Å². The fourth-order valence-corrected chi connectivity index (χ4v) is 3.38. The molecular formula is C15H20N2O4S. The zero-order valence-corrected chi connectivity index (χ0v) is 13.5. The summed E-state index contributed by atoms with van der Waals surface area (Å²) in [5.41, 5.74) is 1.17. The van der Waals surface area contributed by atoms with Gasteiger partial charge in [0.15, 0.2) is 5.78 Å². The third kappa shape index (κ3) is 4.64. The molecule has 1 aromatic carbocycles. The first-order chi connectivity index (χ1) is 10.3. The molecule has 120 valence electrons. The van der Waals surface area contributed by atoms with Crippen molar-refractivity contribution in [3.8, 4) is 0 Å². The van der Waals surface area contributed by atoms with E-state index in [1.165, 1.54) is 17.5 Å². The molecule has 22 heavy (non-hydrogen) atoms. The number of amides is 1. The van der Waals surface area contributed by atoms with Gasteiger partial charge in [0.25, 0.3) is 0 Å². The number of ketones is 1. The van der Waals surface area contributed by atoms with Crippen LogP contribution in [0.2, 0.25) is 0 Å². The third-order valence-electron chi connectivity index (χ3n) is 3.51. The summed E-state index contributed by atoms with van der Waals surface area (Å²) < 4.78 is 24.7. The van der Waals surface area contributed by atoms with E-state index in [-0.39, 0.29) is 30.7 Å². The molecule has 1 aliphatic carbocycles. The second-order valence-corrected chi connectivity index (χ2v) is 7.47. The van der Waals surface area contributed by atoms with E-state index in [0.717, 1.165) is 12.8 Å². The molecule has 2 rings (SSSR count). The zero-order valence-electron chi connectivity index (χ0n) is 12.7. The monoisotopic (exact) mass is 324 g/mol. The van der Waals surface area contributed by atoms with E-state index >= 15 is 0 Å². The van der Waals surface area contributed by atoms with Crippen LogP contribution in [0.15, 0.2) is 24.3 Å². The molecular weight excluding hydrogens is 304 g/mol. The molecule has 6 nitrogen and oxygen atoms in total. The van der Waals surface area contributed by atoms with Crippen molar-refractivity contribution in [3.63, 3.8) is 0 Å². The topological polar surface area (TPSA) is 83.6 Å². The highest BCUT2D eigenvalue weighted by molar-refractivity contribution is 7.88. The van der Waals surface area contributed by atoms with E-state index < -0.39 is 10.0 Å². The molecule has 0 unspecified atom stereocenters. The number of carbonyl (C=O) groups excluding carboxylic acids is 2. The van der Waals surface area contributed by atoms with Gasteiger partial charge in [-0.25, -0.2) is 8.42 Å². The van der Waals surface area contributed by atoms with E-state index in [1.807, 2.05) is 0 Å². The van der Waals surface area contributed by atoms with E-state index in [0.29, 0.717) is 11.3 Å². The Kier molecular flexibility index (Phi) is 4.97. The maximum Gasteiger partial charge on any atom is 0.225 e. The second-order valence-electron chi connectivity index (χ2n) is 5.54. The number of nitrogens with one attached hydrogen (secondary N) is 1. The Hall–Kier alpha value is -1.73. The number of sulfonamides is 1. The summed E-state index contributed by atoms with van der Waals surface area (Å²) in [6.45, 7) is 1.67. The van der Waals surface area contributed by atoms with Crippen LogP contribution in [-0.2, 0) is 14.8 Å². The molecule has 0 spiro atoms. The second kappa shape index (κ2) is 6.58.